The number of hydrogen-bond acceptors (Lipinski definition) is 3. The summed E-state index contributed by atoms with van der Waals surface area (Å²) < 4.78 is 5.43. The van der Waals surface area contributed by atoms with Gasteiger partial charge in [-0.05, 0) is 38.1 Å². The lowest BCUT2D eigenvalue weighted by molar-refractivity contribution is 0.0604. The van der Waals surface area contributed by atoms with Gasteiger partial charge >= 0.3 is 0 Å². The molecule has 3 nitrogen and oxygen atoms in total. The topological polar surface area (TPSA) is 55.5 Å². The number of nitrogens with two attached hydrogens (primary N) is 1. The molecule has 1 rings (SSSR count). The molecule has 0 amide bonds. The predicted octanol–water partition coefficient (Wildman–Crippen LogP) is 1.42. The van der Waals surface area contributed by atoms with Gasteiger partial charge in [0.05, 0.1) is 6.10 Å². The minimum Gasteiger partial charge on any atom is -0.488 e. The van der Waals surface area contributed by atoms with E-state index < -0.39 is 6.10 Å². The standard InChI is InChI=1S/C10H15NO2/c1-7(12)8(2)13-10-5-3-9(11)4-6-10/h3-8,12H,11H2,1-2H3. The minimum atomic E-state index is -0.474. The first-order valence-corrected chi connectivity index (χ1v) is 4.30. The zero-order valence-electron chi connectivity index (χ0n) is 7.90. The molecule has 1 aromatic carbocycles. The van der Waals surface area contributed by atoms with Gasteiger partial charge in [0, 0.05) is 5.69 Å². The highest BCUT2D eigenvalue weighted by molar-refractivity contribution is 5.41. The highest BCUT2D eigenvalue weighted by atomic mass is 16.5. The number of rotatable bonds is 3. The molecule has 0 aromatic heterocycles. The first-order valence-electron chi connectivity index (χ1n) is 4.30. The second-order valence-electron chi connectivity index (χ2n) is 3.13. The molecule has 0 heterocycles. The molecule has 13 heavy (non-hydrogen) atoms. The second kappa shape index (κ2) is 4.14. The van der Waals surface area contributed by atoms with Crippen LogP contribution in [-0.4, -0.2) is 17.3 Å². The van der Waals surface area contributed by atoms with Crippen molar-refractivity contribution in [3.8, 4) is 5.75 Å². The molecule has 1 aromatic rings. The van der Waals surface area contributed by atoms with E-state index in [0.29, 0.717) is 5.69 Å². The molecular formula is C10H15NO2. The van der Waals surface area contributed by atoms with Crippen LogP contribution < -0.4 is 10.5 Å². The van der Waals surface area contributed by atoms with Gasteiger partial charge in [-0.1, -0.05) is 0 Å². The Kier molecular flexibility index (Phi) is 3.14. The van der Waals surface area contributed by atoms with Crippen molar-refractivity contribution in [1.82, 2.24) is 0 Å². The summed E-state index contributed by atoms with van der Waals surface area (Å²) in [6.07, 6.45) is -0.679. The summed E-state index contributed by atoms with van der Waals surface area (Å²) in [5.41, 5.74) is 6.22. The molecular weight excluding hydrogens is 166 g/mol. The van der Waals surface area contributed by atoms with Gasteiger partial charge in [0.25, 0.3) is 0 Å². The van der Waals surface area contributed by atoms with Crippen LogP contribution in [0.4, 0.5) is 5.69 Å². The molecule has 0 aliphatic rings. The van der Waals surface area contributed by atoms with Crippen LogP contribution in [0.1, 0.15) is 13.8 Å². The third kappa shape index (κ3) is 2.95. The number of benzene rings is 1. The molecule has 0 aliphatic carbocycles. The Morgan fingerprint density at radius 3 is 2.23 bits per heavy atom. The Hall–Kier alpha value is -1.22. The van der Waals surface area contributed by atoms with Crippen LogP contribution in [0.3, 0.4) is 0 Å². The molecule has 2 unspecified atom stereocenters. The highest BCUT2D eigenvalue weighted by Crippen LogP contribution is 2.15. The van der Waals surface area contributed by atoms with E-state index in [9.17, 15) is 5.11 Å². The molecule has 72 valence electrons. The number of aliphatic hydroxyl groups excluding tert-OH is 1. The molecule has 0 saturated carbocycles. The van der Waals surface area contributed by atoms with Gasteiger partial charge in [-0.2, -0.15) is 0 Å². The van der Waals surface area contributed by atoms with Crippen LogP contribution in [0, 0.1) is 0 Å². The van der Waals surface area contributed by atoms with Crippen molar-refractivity contribution in [2.24, 2.45) is 0 Å². The lowest BCUT2D eigenvalue weighted by Gasteiger charge is -2.16. The summed E-state index contributed by atoms with van der Waals surface area (Å²) in [6, 6.07) is 7.11. The van der Waals surface area contributed by atoms with Gasteiger partial charge in [-0.25, -0.2) is 0 Å². The fourth-order valence-electron chi connectivity index (χ4n) is 0.860. The molecule has 0 radical (unpaired) electrons. The van der Waals surface area contributed by atoms with E-state index in [-0.39, 0.29) is 6.10 Å². The van der Waals surface area contributed by atoms with Crippen LogP contribution in [-0.2, 0) is 0 Å². The summed E-state index contributed by atoms with van der Waals surface area (Å²) in [6.45, 7) is 3.52. The van der Waals surface area contributed by atoms with Gasteiger partial charge in [-0.3, -0.25) is 0 Å². The molecule has 3 heteroatoms. The van der Waals surface area contributed by atoms with E-state index in [2.05, 4.69) is 0 Å². The van der Waals surface area contributed by atoms with Crippen LogP contribution in [0.5, 0.6) is 5.75 Å². The molecule has 0 spiro atoms. The molecule has 0 bridgehead atoms. The molecule has 0 saturated heterocycles. The van der Waals surface area contributed by atoms with Gasteiger partial charge in [-0.15, -0.1) is 0 Å². The maximum atomic E-state index is 9.19. The molecule has 0 fully saturated rings. The summed E-state index contributed by atoms with van der Waals surface area (Å²) in [7, 11) is 0. The smallest absolute Gasteiger partial charge is 0.121 e. The van der Waals surface area contributed by atoms with Crippen molar-refractivity contribution in [3.05, 3.63) is 24.3 Å². The van der Waals surface area contributed by atoms with Crippen molar-refractivity contribution in [2.45, 2.75) is 26.1 Å². The van der Waals surface area contributed by atoms with Crippen molar-refractivity contribution >= 4 is 5.69 Å². The second-order valence-corrected chi connectivity index (χ2v) is 3.13. The zero-order valence-corrected chi connectivity index (χ0v) is 7.90. The van der Waals surface area contributed by atoms with E-state index in [0.717, 1.165) is 5.75 Å². The van der Waals surface area contributed by atoms with Gasteiger partial charge in [0.15, 0.2) is 0 Å². The van der Waals surface area contributed by atoms with Crippen LogP contribution >= 0.6 is 0 Å². The SMILES string of the molecule is CC(O)C(C)Oc1ccc(N)cc1. The largest absolute Gasteiger partial charge is 0.488 e. The number of anilines is 1. The van der Waals surface area contributed by atoms with Crippen molar-refractivity contribution in [1.29, 1.82) is 0 Å². The molecule has 0 aliphatic heterocycles. The minimum absolute atomic E-state index is 0.205. The quantitative estimate of drug-likeness (QED) is 0.693. The average Bonchev–Trinajstić information content (AvgIpc) is 2.08. The van der Waals surface area contributed by atoms with E-state index in [1.807, 2.05) is 6.92 Å². The van der Waals surface area contributed by atoms with E-state index in [1.54, 1.807) is 31.2 Å². The summed E-state index contributed by atoms with van der Waals surface area (Å²) in [4.78, 5) is 0. The maximum absolute atomic E-state index is 9.19. The Morgan fingerprint density at radius 2 is 1.77 bits per heavy atom. The maximum Gasteiger partial charge on any atom is 0.121 e. The predicted molar refractivity (Wildman–Crippen MR) is 52.6 cm³/mol. The van der Waals surface area contributed by atoms with Gasteiger partial charge in [0.2, 0.25) is 0 Å². The highest BCUT2D eigenvalue weighted by Gasteiger charge is 2.09. The first-order chi connectivity index (χ1) is 6.09. The number of ether oxygens (including phenoxy) is 1. The number of aliphatic hydroxyl groups is 1. The fourth-order valence-corrected chi connectivity index (χ4v) is 0.860. The van der Waals surface area contributed by atoms with Crippen LogP contribution in [0.2, 0.25) is 0 Å². The Morgan fingerprint density at radius 1 is 1.23 bits per heavy atom. The van der Waals surface area contributed by atoms with Gasteiger partial charge in [0.1, 0.15) is 11.9 Å². The van der Waals surface area contributed by atoms with Gasteiger partial charge < -0.3 is 15.6 Å². The van der Waals surface area contributed by atoms with Crippen molar-refractivity contribution in [3.63, 3.8) is 0 Å². The Balaban J connectivity index is 2.59. The van der Waals surface area contributed by atoms with Crippen molar-refractivity contribution in [2.75, 3.05) is 5.73 Å². The Bertz CT molecular complexity index is 256. The lowest BCUT2D eigenvalue weighted by Crippen LogP contribution is -2.25. The summed E-state index contributed by atoms with van der Waals surface area (Å²) in [5.74, 6) is 0.725. The first kappa shape index (κ1) is 9.86. The Labute approximate surface area is 78.1 Å². The van der Waals surface area contributed by atoms with E-state index >= 15 is 0 Å². The monoisotopic (exact) mass is 181 g/mol. The lowest BCUT2D eigenvalue weighted by atomic mass is 10.2. The summed E-state index contributed by atoms with van der Waals surface area (Å²) in [5, 5.41) is 9.19. The van der Waals surface area contributed by atoms with Crippen molar-refractivity contribution < 1.29 is 9.84 Å². The average molecular weight is 181 g/mol. The zero-order chi connectivity index (χ0) is 9.84. The fraction of sp³-hybridized carbons (Fsp3) is 0.400. The summed E-state index contributed by atoms with van der Waals surface area (Å²) >= 11 is 0. The number of hydrogen-bond donors (Lipinski definition) is 2. The third-order valence-electron chi connectivity index (χ3n) is 1.88. The van der Waals surface area contributed by atoms with Crippen LogP contribution in [0.15, 0.2) is 24.3 Å². The third-order valence-corrected chi connectivity index (χ3v) is 1.88. The van der Waals surface area contributed by atoms with Crippen LogP contribution in [0.25, 0.3) is 0 Å². The molecule has 2 atom stereocenters. The molecule has 3 N–H and O–H groups in total. The van der Waals surface area contributed by atoms with E-state index in [4.69, 9.17) is 10.5 Å². The number of nitrogen functional groups attached to an aromatic ring is 1. The van der Waals surface area contributed by atoms with E-state index in [1.165, 1.54) is 0 Å². The normalized spacial score (nSPS) is 15.0.